The zero-order valence-corrected chi connectivity index (χ0v) is 12.1. The van der Waals surface area contributed by atoms with E-state index in [1.165, 1.54) is 0 Å². The summed E-state index contributed by atoms with van der Waals surface area (Å²) in [6.07, 6.45) is 1.95. The van der Waals surface area contributed by atoms with Gasteiger partial charge in [0, 0.05) is 17.5 Å². The third-order valence-electron chi connectivity index (χ3n) is 5.05. The van der Waals surface area contributed by atoms with Crippen LogP contribution in [-0.4, -0.2) is 17.5 Å². The molecule has 3 aliphatic rings. The minimum absolute atomic E-state index is 0.0232. The second kappa shape index (κ2) is 3.93. The van der Waals surface area contributed by atoms with E-state index in [1.807, 2.05) is 32.0 Å². The first-order valence-corrected chi connectivity index (χ1v) is 7.32. The third kappa shape index (κ3) is 1.60. The molecule has 1 aromatic carbocycles. The molecule has 1 aliphatic carbocycles. The van der Waals surface area contributed by atoms with E-state index in [9.17, 15) is 9.59 Å². The molecule has 1 fully saturated rings. The molecule has 2 amide bonds. The van der Waals surface area contributed by atoms with Crippen molar-refractivity contribution in [2.45, 2.75) is 32.1 Å². The maximum atomic E-state index is 12.0. The standard InChI is InChI=1S/C16H17N3O2/c1-16(2)11-7-8(3-6-12(11)17-15(16)21)13-9-4-5-10(9)14(20)19-18-13/h3,6-7,9-10H,4-5H2,1-2H3,(H,17,21)(H,19,20). The Morgan fingerprint density at radius 3 is 2.67 bits per heavy atom. The van der Waals surface area contributed by atoms with Gasteiger partial charge in [-0.2, -0.15) is 5.10 Å². The molecule has 2 unspecified atom stereocenters. The molecule has 0 spiro atoms. The molecule has 2 atom stereocenters. The Labute approximate surface area is 122 Å². The van der Waals surface area contributed by atoms with Crippen LogP contribution in [-0.2, 0) is 15.0 Å². The third-order valence-corrected chi connectivity index (χ3v) is 5.05. The van der Waals surface area contributed by atoms with Crippen LogP contribution in [0.15, 0.2) is 23.3 Å². The number of fused-ring (bicyclic) bond motifs is 2. The lowest BCUT2D eigenvalue weighted by Crippen LogP contribution is -2.47. The molecule has 1 saturated carbocycles. The molecule has 108 valence electrons. The minimum atomic E-state index is -0.525. The molecule has 5 heteroatoms. The zero-order chi connectivity index (χ0) is 14.8. The fourth-order valence-electron chi connectivity index (χ4n) is 3.43. The van der Waals surface area contributed by atoms with Crippen molar-refractivity contribution in [3.05, 3.63) is 29.3 Å². The SMILES string of the molecule is CC1(C)C(=O)Nc2ccc(C3=NNC(=O)C4CCC34)cc21. The van der Waals surface area contributed by atoms with E-state index in [0.29, 0.717) is 0 Å². The van der Waals surface area contributed by atoms with Gasteiger partial charge in [-0.1, -0.05) is 6.07 Å². The lowest BCUT2D eigenvalue weighted by molar-refractivity contribution is -0.129. The van der Waals surface area contributed by atoms with Crippen molar-refractivity contribution in [2.75, 3.05) is 5.32 Å². The van der Waals surface area contributed by atoms with Gasteiger partial charge in [-0.15, -0.1) is 0 Å². The van der Waals surface area contributed by atoms with E-state index in [-0.39, 0.29) is 23.7 Å². The molecule has 1 aromatic rings. The van der Waals surface area contributed by atoms with E-state index in [2.05, 4.69) is 15.8 Å². The molecule has 0 saturated heterocycles. The lowest BCUT2D eigenvalue weighted by Gasteiger charge is -2.38. The fourth-order valence-corrected chi connectivity index (χ4v) is 3.43. The summed E-state index contributed by atoms with van der Waals surface area (Å²) >= 11 is 0. The molecule has 0 bridgehead atoms. The maximum Gasteiger partial charge on any atom is 0.243 e. The highest BCUT2D eigenvalue weighted by atomic mass is 16.2. The molecule has 2 heterocycles. The number of hydrazone groups is 1. The fraction of sp³-hybridized carbons (Fsp3) is 0.438. The number of hydrogen-bond acceptors (Lipinski definition) is 3. The van der Waals surface area contributed by atoms with Crippen LogP contribution in [0.1, 0.15) is 37.8 Å². The topological polar surface area (TPSA) is 70.6 Å². The first-order chi connectivity index (χ1) is 9.98. The van der Waals surface area contributed by atoms with Crippen molar-refractivity contribution in [1.82, 2.24) is 5.43 Å². The number of amides is 2. The summed E-state index contributed by atoms with van der Waals surface area (Å²) in [5.41, 5.74) is 5.93. The number of nitrogens with one attached hydrogen (secondary N) is 2. The van der Waals surface area contributed by atoms with E-state index in [1.54, 1.807) is 0 Å². The summed E-state index contributed by atoms with van der Waals surface area (Å²) in [7, 11) is 0. The maximum absolute atomic E-state index is 12.0. The Bertz CT molecular complexity index is 705. The van der Waals surface area contributed by atoms with Crippen LogP contribution in [0, 0.1) is 11.8 Å². The van der Waals surface area contributed by atoms with E-state index < -0.39 is 5.41 Å². The molecule has 2 aliphatic heterocycles. The Balaban J connectivity index is 1.77. The number of carbonyl (C=O) groups excluding carboxylic acids is 2. The Hall–Kier alpha value is -2.17. The van der Waals surface area contributed by atoms with Gasteiger partial charge in [0.25, 0.3) is 0 Å². The number of benzene rings is 1. The van der Waals surface area contributed by atoms with Gasteiger partial charge in [-0.3, -0.25) is 9.59 Å². The molecule has 4 rings (SSSR count). The number of hydrogen-bond donors (Lipinski definition) is 2. The Morgan fingerprint density at radius 2 is 1.95 bits per heavy atom. The zero-order valence-electron chi connectivity index (χ0n) is 12.1. The first kappa shape index (κ1) is 12.6. The van der Waals surface area contributed by atoms with Gasteiger partial charge in [-0.25, -0.2) is 5.43 Å². The van der Waals surface area contributed by atoms with Crippen molar-refractivity contribution in [1.29, 1.82) is 0 Å². The van der Waals surface area contributed by atoms with Crippen molar-refractivity contribution in [3.63, 3.8) is 0 Å². The van der Waals surface area contributed by atoms with Gasteiger partial charge in [0.15, 0.2) is 0 Å². The monoisotopic (exact) mass is 283 g/mol. The second-order valence-electron chi connectivity index (χ2n) is 6.60. The summed E-state index contributed by atoms with van der Waals surface area (Å²) < 4.78 is 0. The first-order valence-electron chi connectivity index (χ1n) is 7.32. The van der Waals surface area contributed by atoms with Crippen LogP contribution >= 0.6 is 0 Å². The average molecular weight is 283 g/mol. The number of anilines is 1. The average Bonchev–Trinajstić information content (AvgIpc) is 2.62. The minimum Gasteiger partial charge on any atom is -0.325 e. The van der Waals surface area contributed by atoms with Crippen molar-refractivity contribution in [3.8, 4) is 0 Å². The summed E-state index contributed by atoms with van der Waals surface area (Å²) in [6, 6.07) is 5.95. The van der Waals surface area contributed by atoms with Crippen LogP contribution in [0.2, 0.25) is 0 Å². The van der Waals surface area contributed by atoms with Gasteiger partial charge in [-0.05, 0) is 49.9 Å². The Kier molecular flexibility index (Phi) is 2.35. The molecule has 0 aromatic heterocycles. The van der Waals surface area contributed by atoms with E-state index >= 15 is 0 Å². The van der Waals surface area contributed by atoms with Crippen LogP contribution in [0.4, 0.5) is 5.69 Å². The second-order valence-corrected chi connectivity index (χ2v) is 6.60. The summed E-state index contributed by atoms with van der Waals surface area (Å²) in [6.45, 7) is 3.85. The molecule has 5 nitrogen and oxygen atoms in total. The van der Waals surface area contributed by atoms with E-state index in [4.69, 9.17) is 0 Å². The molecule has 21 heavy (non-hydrogen) atoms. The predicted octanol–water partition coefficient (Wildman–Crippen LogP) is 1.78. The van der Waals surface area contributed by atoms with Gasteiger partial charge in [0.05, 0.1) is 11.1 Å². The quantitative estimate of drug-likeness (QED) is 0.824. The number of carbonyl (C=O) groups is 2. The van der Waals surface area contributed by atoms with E-state index in [0.717, 1.165) is 35.4 Å². The highest BCUT2D eigenvalue weighted by molar-refractivity contribution is 6.10. The number of rotatable bonds is 1. The summed E-state index contributed by atoms with van der Waals surface area (Å²) in [5.74, 6) is 0.354. The highest BCUT2D eigenvalue weighted by Crippen LogP contribution is 2.42. The highest BCUT2D eigenvalue weighted by Gasteiger charge is 2.44. The van der Waals surface area contributed by atoms with Crippen molar-refractivity contribution in [2.24, 2.45) is 16.9 Å². The van der Waals surface area contributed by atoms with Crippen molar-refractivity contribution < 1.29 is 9.59 Å². The van der Waals surface area contributed by atoms with Crippen molar-refractivity contribution >= 4 is 23.2 Å². The number of nitrogens with zero attached hydrogens (tertiary/aromatic N) is 1. The van der Waals surface area contributed by atoms with Crippen LogP contribution < -0.4 is 10.7 Å². The largest absolute Gasteiger partial charge is 0.325 e. The summed E-state index contributed by atoms with van der Waals surface area (Å²) in [4.78, 5) is 23.7. The van der Waals surface area contributed by atoms with Gasteiger partial charge < -0.3 is 5.32 Å². The van der Waals surface area contributed by atoms with Gasteiger partial charge in [0.2, 0.25) is 11.8 Å². The molecule has 0 radical (unpaired) electrons. The summed E-state index contributed by atoms with van der Waals surface area (Å²) in [5, 5.41) is 7.18. The Morgan fingerprint density at radius 1 is 1.19 bits per heavy atom. The predicted molar refractivity (Wildman–Crippen MR) is 79.0 cm³/mol. The molecular weight excluding hydrogens is 266 g/mol. The van der Waals surface area contributed by atoms with Crippen LogP contribution in [0.5, 0.6) is 0 Å². The normalized spacial score (nSPS) is 28.8. The van der Waals surface area contributed by atoms with Gasteiger partial charge >= 0.3 is 0 Å². The van der Waals surface area contributed by atoms with Crippen LogP contribution in [0.25, 0.3) is 0 Å². The van der Waals surface area contributed by atoms with Gasteiger partial charge in [0.1, 0.15) is 0 Å². The molecular formula is C16H17N3O2. The molecule has 2 N–H and O–H groups in total. The lowest BCUT2D eigenvalue weighted by atomic mass is 9.68. The van der Waals surface area contributed by atoms with Crippen LogP contribution in [0.3, 0.4) is 0 Å². The smallest absolute Gasteiger partial charge is 0.243 e.